The molecule has 2 aliphatic rings. The van der Waals surface area contributed by atoms with Crippen LogP contribution in [0.4, 0.5) is 10.1 Å². The van der Waals surface area contributed by atoms with E-state index >= 15 is 0 Å². The molecule has 0 atom stereocenters. The first-order chi connectivity index (χ1) is 15.7. The van der Waals surface area contributed by atoms with Crippen LogP contribution >= 0.6 is 0 Å². The van der Waals surface area contributed by atoms with E-state index in [0.29, 0.717) is 41.0 Å². The lowest BCUT2D eigenvalue weighted by Gasteiger charge is -2.18. The van der Waals surface area contributed by atoms with E-state index in [1.54, 1.807) is 37.3 Å². The third-order valence-corrected chi connectivity index (χ3v) is 7.10. The summed E-state index contributed by atoms with van der Waals surface area (Å²) >= 11 is 0. The van der Waals surface area contributed by atoms with Crippen LogP contribution in [0.15, 0.2) is 59.5 Å². The van der Waals surface area contributed by atoms with Crippen molar-refractivity contribution in [1.29, 1.82) is 0 Å². The summed E-state index contributed by atoms with van der Waals surface area (Å²) in [6.07, 6.45) is 1.29. The fourth-order valence-corrected chi connectivity index (χ4v) is 4.63. The first-order valence-electron chi connectivity index (χ1n) is 10.3. The third kappa shape index (κ3) is 3.83. The number of halogens is 1. The van der Waals surface area contributed by atoms with E-state index in [4.69, 9.17) is 14.6 Å². The van der Waals surface area contributed by atoms with Crippen LogP contribution in [0.2, 0.25) is 0 Å². The van der Waals surface area contributed by atoms with Crippen molar-refractivity contribution in [2.75, 3.05) is 12.1 Å². The lowest BCUT2D eigenvalue weighted by Crippen LogP contribution is -2.28. The van der Waals surface area contributed by atoms with Crippen molar-refractivity contribution in [1.82, 2.24) is 0 Å². The van der Waals surface area contributed by atoms with Crippen LogP contribution in [0, 0.1) is 12.7 Å². The van der Waals surface area contributed by atoms with Crippen LogP contribution in [-0.2, 0) is 20.2 Å². The van der Waals surface area contributed by atoms with Gasteiger partial charge in [-0.25, -0.2) is 17.9 Å². The van der Waals surface area contributed by atoms with Gasteiger partial charge >= 0.3 is 0 Å². The van der Waals surface area contributed by atoms with Gasteiger partial charge in [0.05, 0.1) is 16.0 Å². The number of carbonyl (C=O) groups excluding carboxylic acids is 1. The summed E-state index contributed by atoms with van der Waals surface area (Å²) in [6, 6.07) is 14.3. The molecule has 3 aromatic rings. The molecule has 1 aliphatic carbocycles. The van der Waals surface area contributed by atoms with Crippen molar-refractivity contribution in [3.63, 3.8) is 0 Å². The van der Waals surface area contributed by atoms with Gasteiger partial charge in [0.15, 0.2) is 11.5 Å². The van der Waals surface area contributed by atoms with Crippen molar-refractivity contribution in [2.24, 2.45) is 5.14 Å². The number of nitrogens with two attached hydrogens (primary N) is 1. The molecule has 0 saturated heterocycles. The molecule has 0 aromatic heterocycles. The first-order valence-corrected chi connectivity index (χ1v) is 11.9. The Bertz CT molecular complexity index is 1390. The van der Waals surface area contributed by atoms with Crippen molar-refractivity contribution in [3.8, 4) is 22.6 Å². The van der Waals surface area contributed by atoms with Crippen molar-refractivity contribution < 1.29 is 28.5 Å². The maximum atomic E-state index is 14.8. The Kier molecular flexibility index (Phi) is 4.91. The number of nitrogens with one attached hydrogen (secondary N) is 1. The van der Waals surface area contributed by atoms with Crippen LogP contribution in [0.1, 0.15) is 25.4 Å². The van der Waals surface area contributed by atoms with E-state index in [9.17, 15) is 17.6 Å². The fraction of sp³-hybridized carbons (Fsp3) is 0.208. The Balaban J connectivity index is 0.00000274. The minimum atomic E-state index is -3.82. The van der Waals surface area contributed by atoms with E-state index in [2.05, 4.69) is 5.32 Å². The summed E-state index contributed by atoms with van der Waals surface area (Å²) in [7, 11) is -3.82. The number of primary sulfonamides is 1. The SMILES string of the molecule is Cc1cc(F)c(NC(=O)C2(c3ccc4c(c3)OCO4)CC2)cc1-c1ccc(S(N)(=O)=O)cc1.[HH]. The maximum Gasteiger partial charge on any atom is 0.238 e. The Morgan fingerprint density at radius 2 is 1.76 bits per heavy atom. The Labute approximate surface area is 191 Å². The number of ether oxygens (including phenoxy) is 2. The van der Waals surface area contributed by atoms with Gasteiger partial charge in [-0.2, -0.15) is 0 Å². The molecular weight excluding hydrogens is 447 g/mol. The van der Waals surface area contributed by atoms with Crippen LogP contribution < -0.4 is 19.9 Å². The smallest absolute Gasteiger partial charge is 0.238 e. The number of carbonyl (C=O) groups is 1. The lowest BCUT2D eigenvalue weighted by molar-refractivity contribution is -0.118. The minimum Gasteiger partial charge on any atom is -0.454 e. The number of anilines is 1. The van der Waals surface area contributed by atoms with E-state index in [1.165, 1.54) is 18.2 Å². The van der Waals surface area contributed by atoms with Gasteiger partial charge in [-0.15, -0.1) is 0 Å². The lowest BCUT2D eigenvalue weighted by atomic mass is 9.94. The third-order valence-electron chi connectivity index (χ3n) is 6.17. The second kappa shape index (κ2) is 7.57. The summed E-state index contributed by atoms with van der Waals surface area (Å²) in [5, 5.41) is 7.91. The highest BCUT2D eigenvalue weighted by molar-refractivity contribution is 7.89. The summed E-state index contributed by atoms with van der Waals surface area (Å²) in [4.78, 5) is 13.2. The highest BCUT2D eigenvalue weighted by atomic mass is 32.2. The van der Waals surface area contributed by atoms with Crippen molar-refractivity contribution in [3.05, 3.63) is 71.5 Å². The standard InChI is InChI=1S/C24H21FN2O5S.H2/c1-14-10-19(25)20(12-18(14)15-2-5-17(6-3-15)33(26,29)30)27-23(28)24(8-9-24)16-4-7-21-22(11-16)32-13-31-21;/h2-7,10-12H,8-9,13H2,1H3,(H,27,28)(H2,26,29,30);1H. The Morgan fingerprint density at radius 3 is 2.42 bits per heavy atom. The molecule has 3 N–H and O–H groups in total. The molecule has 1 amide bonds. The number of amides is 1. The number of fused-ring (bicyclic) bond motifs is 1. The fourth-order valence-electron chi connectivity index (χ4n) is 4.11. The Hall–Kier alpha value is -3.43. The van der Waals surface area contributed by atoms with Gasteiger partial charge in [0.2, 0.25) is 22.7 Å². The topological polar surface area (TPSA) is 108 Å². The summed E-state index contributed by atoms with van der Waals surface area (Å²) in [6.45, 7) is 1.89. The zero-order valence-corrected chi connectivity index (χ0v) is 18.5. The number of hydrogen-bond acceptors (Lipinski definition) is 5. The highest BCUT2D eigenvalue weighted by Gasteiger charge is 2.51. The highest BCUT2D eigenvalue weighted by Crippen LogP contribution is 2.51. The minimum absolute atomic E-state index is 0. The monoisotopic (exact) mass is 470 g/mol. The van der Waals surface area contributed by atoms with Gasteiger partial charge in [-0.3, -0.25) is 4.79 Å². The number of hydrogen-bond donors (Lipinski definition) is 2. The molecule has 1 saturated carbocycles. The second-order valence-electron chi connectivity index (χ2n) is 8.32. The predicted octanol–water partition coefficient (Wildman–Crippen LogP) is 4.09. The zero-order valence-electron chi connectivity index (χ0n) is 17.7. The number of benzene rings is 3. The summed E-state index contributed by atoms with van der Waals surface area (Å²) in [5.74, 6) is 0.392. The van der Waals surface area contributed by atoms with Crippen LogP contribution in [-0.4, -0.2) is 21.1 Å². The molecule has 3 aromatic carbocycles. The number of rotatable bonds is 5. The molecule has 0 unspecified atom stereocenters. The summed E-state index contributed by atoms with van der Waals surface area (Å²) in [5.41, 5.74) is 2.10. The van der Waals surface area contributed by atoms with Gasteiger partial charge in [0, 0.05) is 1.43 Å². The Morgan fingerprint density at radius 1 is 1.06 bits per heavy atom. The van der Waals surface area contributed by atoms with Crippen LogP contribution in [0.5, 0.6) is 11.5 Å². The molecule has 0 spiro atoms. The maximum absolute atomic E-state index is 14.8. The largest absolute Gasteiger partial charge is 0.454 e. The van der Waals surface area contributed by atoms with Crippen LogP contribution in [0.25, 0.3) is 11.1 Å². The number of sulfonamides is 1. The molecule has 172 valence electrons. The summed E-state index contributed by atoms with van der Waals surface area (Å²) < 4.78 is 48.6. The first kappa shape index (κ1) is 21.4. The van der Waals surface area contributed by atoms with Crippen molar-refractivity contribution in [2.45, 2.75) is 30.1 Å². The molecule has 1 aliphatic heterocycles. The van der Waals surface area contributed by atoms with Gasteiger partial charge in [0.1, 0.15) is 5.82 Å². The molecule has 9 heteroatoms. The predicted molar refractivity (Wildman–Crippen MR) is 122 cm³/mol. The van der Waals surface area contributed by atoms with Crippen molar-refractivity contribution >= 4 is 21.6 Å². The van der Waals surface area contributed by atoms with Gasteiger partial charge in [-0.05, 0) is 78.4 Å². The quantitative estimate of drug-likeness (QED) is 0.584. The molecule has 1 fully saturated rings. The van der Waals surface area contributed by atoms with E-state index in [0.717, 1.165) is 5.56 Å². The zero-order chi connectivity index (χ0) is 23.4. The van der Waals surface area contributed by atoms with Crippen LogP contribution in [0.3, 0.4) is 0 Å². The molecule has 33 heavy (non-hydrogen) atoms. The molecular formula is C24H23FN2O5S. The number of aryl methyl sites for hydroxylation is 1. The molecule has 1 heterocycles. The van der Waals surface area contributed by atoms with E-state index in [1.807, 2.05) is 6.07 Å². The van der Waals surface area contributed by atoms with E-state index < -0.39 is 21.3 Å². The average Bonchev–Trinajstić information content (AvgIpc) is 3.46. The average molecular weight is 471 g/mol. The van der Waals surface area contributed by atoms with Gasteiger partial charge in [-0.1, -0.05) is 18.2 Å². The normalized spacial score (nSPS) is 15.8. The second-order valence-corrected chi connectivity index (χ2v) is 9.88. The van der Waals surface area contributed by atoms with Gasteiger partial charge < -0.3 is 14.8 Å². The molecule has 5 rings (SSSR count). The molecule has 0 bridgehead atoms. The van der Waals surface area contributed by atoms with Gasteiger partial charge in [0.25, 0.3) is 0 Å². The molecule has 0 radical (unpaired) electrons. The van der Waals surface area contributed by atoms with E-state index in [-0.39, 0.29) is 24.7 Å². The molecule has 7 nitrogen and oxygen atoms in total.